The Balaban J connectivity index is 1.24. The second kappa shape index (κ2) is 12.9. The number of nitrogens with zero attached hydrogens (tertiary/aromatic N) is 4. The molecule has 8 heteroatoms. The van der Waals surface area contributed by atoms with E-state index >= 15 is 0 Å². The third-order valence-electron chi connectivity index (χ3n) is 9.21. The van der Waals surface area contributed by atoms with E-state index in [1.807, 2.05) is 37.5 Å². The van der Waals surface area contributed by atoms with Crippen LogP contribution < -0.4 is 10.5 Å². The van der Waals surface area contributed by atoms with Crippen molar-refractivity contribution >= 4 is 16.7 Å². The highest BCUT2D eigenvalue weighted by atomic mass is 16.5. The molecule has 1 amide bonds. The van der Waals surface area contributed by atoms with Crippen molar-refractivity contribution in [2.24, 2.45) is 18.7 Å². The molecule has 1 unspecified atom stereocenters. The Morgan fingerprint density at radius 1 is 1.14 bits per heavy atom. The lowest BCUT2D eigenvalue weighted by molar-refractivity contribution is -0.922. The molecule has 1 saturated carbocycles. The first-order valence-electron chi connectivity index (χ1n) is 15.5. The standard InChI is InChI=1S/C35H45N5O3/c1-5-6-10-29-23-28-9-7-8-11-30(28)33(37-29)43-21-20-40(3,4)32-17-14-26(24-35(32,42)34(36)41)22-25-12-15-27(16-13-25)31-18-19-39(2)38-31/h7-9,11-13,15-16,18-19,23,26,32,42H,5-6,10,14,17,20-22,24H2,1-4H3,(H-,36,41)/p+1/t26?,32-,35-/m0/s1. The fourth-order valence-electron chi connectivity index (χ4n) is 6.74. The Morgan fingerprint density at radius 2 is 1.91 bits per heavy atom. The Morgan fingerprint density at radius 3 is 2.60 bits per heavy atom. The number of hydrogen-bond acceptors (Lipinski definition) is 5. The van der Waals surface area contributed by atoms with E-state index in [0.29, 0.717) is 36.4 Å². The van der Waals surface area contributed by atoms with Crippen LogP contribution in [0.5, 0.6) is 5.88 Å². The number of likely N-dealkylation sites (N-methyl/N-ethyl adjacent to an activating group) is 1. The first-order chi connectivity index (χ1) is 20.6. The summed E-state index contributed by atoms with van der Waals surface area (Å²) in [6, 6.07) is 20.4. The second-order valence-electron chi connectivity index (χ2n) is 12.8. The van der Waals surface area contributed by atoms with Crippen molar-refractivity contribution in [2.45, 2.75) is 63.5 Å². The maximum absolute atomic E-state index is 12.8. The minimum absolute atomic E-state index is 0.159. The van der Waals surface area contributed by atoms with Gasteiger partial charge in [0, 0.05) is 36.3 Å². The molecule has 1 aliphatic carbocycles. The Kier molecular flexibility index (Phi) is 9.18. The van der Waals surface area contributed by atoms with Crippen molar-refractivity contribution in [2.75, 3.05) is 27.2 Å². The van der Waals surface area contributed by atoms with E-state index in [9.17, 15) is 9.90 Å². The summed E-state index contributed by atoms with van der Waals surface area (Å²) in [5.41, 5.74) is 8.55. The largest absolute Gasteiger partial charge is 0.471 e. The topological polar surface area (TPSA) is 103 Å². The molecule has 5 rings (SSSR count). The van der Waals surface area contributed by atoms with Crippen molar-refractivity contribution in [1.29, 1.82) is 0 Å². The lowest BCUT2D eigenvalue weighted by atomic mass is 9.71. The third-order valence-corrected chi connectivity index (χ3v) is 9.21. The van der Waals surface area contributed by atoms with Crippen LogP contribution in [0.15, 0.2) is 66.9 Å². The number of benzene rings is 2. The van der Waals surface area contributed by atoms with Crippen LogP contribution >= 0.6 is 0 Å². The lowest BCUT2D eigenvalue weighted by Gasteiger charge is -2.49. The van der Waals surface area contributed by atoms with Crippen molar-refractivity contribution < 1.29 is 19.1 Å². The zero-order valence-electron chi connectivity index (χ0n) is 26.0. The van der Waals surface area contributed by atoms with E-state index < -0.39 is 11.5 Å². The number of aromatic nitrogens is 3. The summed E-state index contributed by atoms with van der Waals surface area (Å²) < 4.78 is 8.53. The lowest BCUT2D eigenvalue weighted by Crippen LogP contribution is -2.68. The minimum atomic E-state index is -1.59. The van der Waals surface area contributed by atoms with Crippen LogP contribution in [-0.2, 0) is 24.7 Å². The highest BCUT2D eigenvalue weighted by Crippen LogP contribution is 2.39. The van der Waals surface area contributed by atoms with E-state index in [-0.39, 0.29) is 12.0 Å². The molecule has 0 aliphatic heterocycles. The van der Waals surface area contributed by atoms with Crippen molar-refractivity contribution in [1.82, 2.24) is 14.8 Å². The van der Waals surface area contributed by atoms with Gasteiger partial charge in [-0.3, -0.25) is 9.48 Å². The smallest absolute Gasteiger partial charge is 0.255 e. The Hall–Kier alpha value is -3.75. The number of carbonyl (C=O) groups excluding carboxylic acids is 1. The van der Waals surface area contributed by atoms with Gasteiger partial charge in [-0.1, -0.05) is 55.8 Å². The predicted molar refractivity (Wildman–Crippen MR) is 170 cm³/mol. The molecule has 2 heterocycles. The van der Waals surface area contributed by atoms with Gasteiger partial charge in [0.2, 0.25) is 5.88 Å². The van der Waals surface area contributed by atoms with E-state index in [2.05, 4.69) is 62.5 Å². The van der Waals surface area contributed by atoms with Crippen LogP contribution in [0.25, 0.3) is 22.0 Å². The highest BCUT2D eigenvalue weighted by molar-refractivity contribution is 5.87. The molecule has 1 aliphatic rings. The quantitative estimate of drug-likeness (QED) is 0.227. The number of aliphatic hydroxyl groups is 1. The highest BCUT2D eigenvalue weighted by Gasteiger charge is 2.54. The maximum atomic E-state index is 12.8. The van der Waals surface area contributed by atoms with Crippen LogP contribution in [0, 0.1) is 5.92 Å². The van der Waals surface area contributed by atoms with Crippen molar-refractivity contribution in [3.63, 3.8) is 0 Å². The first kappa shape index (κ1) is 30.7. The van der Waals surface area contributed by atoms with Crippen LogP contribution in [0.2, 0.25) is 0 Å². The third kappa shape index (κ3) is 6.92. The summed E-state index contributed by atoms with van der Waals surface area (Å²) in [6.07, 6.45) is 7.80. The minimum Gasteiger partial charge on any atom is -0.471 e. The SMILES string of the molecule is CCCCc1cc2ccccc2c(OCC[N+](C)(C)[C@H]2CCC(Cc3ccc(-c4ccn(C)n4)cc3)C[C@@]2(O)C(N)=O)n1. The fourth-order valence-corrected chi connectivity index (χ4v) is 6.74. The number of primary amides is 1. The number of aryl methyl sites for hydroxylation is 2. The van der Waals surface area contributed by atoms with Crippen molar-refractivity contribution in [3.05, 3.63) is 78.1 Å². The van der Waals surface area contributed by atoms with Gasteiger partial charge in [0.25, 0.3) is 5.91 Å². The number of hydrogen-bond donors (Lipinski definition) is 2. The van der Waals surface area contributed by atoms with Crippen LogP contribution in [0.3, 0.4) is 0 Å². The van der Waals surface area contributed by atoms with E-state index in [1.165, 1.54) is 5.56 Å². The van der Waals surface area contributed by atoms with Gasteiger partial charge in [0.1, 0.15) is 19.2 Å². The molecular weight excluding hydrogens is 538 g/mol. The molecule has 1 fully saturated rings. The van der Waals surface area contributed by atoms with Gasteiger partial charge in [0.05, 0.1) is 19.8 Å². The number of carbonyl (C=O) groups is 1. The molecule has 228 valence electrons. The van der Waals surface area contributed by atoms with E-state index in [1.54, 1.807) is 4.68 Å². The van der Waals surface area contributed by atoms with Gasteiger partial charge in [-0.25, -0.2) is 4.98 Å². The monoisotopic (exact) mass is 584 g/mol. The molecule has 4 aromatic rings. The molecule has 8 nitrogen and oxygen atoms in total. The molecule has 0 spiro atoms. The zero-order valence-corrected chi connectivity index (χ0v) is 26.0. The average molecular weight is 585 g/mol. The van der Waals surface area contributed by atoms with E-state index in [4.69, 9.17) is 15.5 Å². The summed E-state index contributed by atoms with van der Waals surface area (Å²) in [7, 11) is 6.02. The molecule has 0 bridgehead atoms. The summed E-state index contributed by atoms with van der Waals surface area (Å²) in [5.74, 6) is 0.162. The zero-order chi connectivity index (χ0) is 30.6. The van der Waals surface area contributed by atoms with Crippen molar-refractivity contribution in [3.8, 4) is 17.1 Å². The second-order valence-corrected chi connectivity index (χ2v) is 12.8. The van der Waals surface area contributed by atoms with Gasteiger partial charge in [-0.05, 0) is 67.2 Å². The van der Waals surface area contributed by atoms with Gasteiger partial charge in [0.15, 0.2) is 5.60 Å². The van der Waals surface area contributed by atoms with Crippen LogP contribution in [-0.4, -0.2) is 69.2 Å². The summed E-state index contributed by atoms with van der Waals surface area (Å²) in [6.45, 7) is 3.20. The Bertz CT molecular complexity index is 1550. The van der Waals surface area contributed by atoms with Crippen LogP contribution in [0.4, 0.5) is 0 Å². The molecular formula is C35H46N5O3+. The number of quaternary nitrogens is 1. The van der Waals surface area contributed by atoms with Gasteiger partial charge in [-0.15, -0.1) is 0 Å². The number of amides is 1. The average Bonchev–Trinajstić information content (AvgIpc) is 3.42. The summed E-state index contributed by atoms with van der Waals surface area (Å²) >= 11 is 0. The van der Waals surface area contributed by atoms with Gasteiger partial charge >= 0.3 is 0 Å². The van der Waals surface area contributed by atoms with Gasteiger partial charge < -0.3 is 20.1 Å². The molecule has 0 radical (unpaired) electrons. The fraction of sp³-hybridized carbons (Fsp3) is 0.457. The molecule has 43 heavy (non-hydrogen) atoms. The number of fused-ring (bicyclic) bond motifs is 1. The Labute approximate surface area is 255 Å². The first-order valence-corrected chi connectivity index (χ1v) is 15.5. The van der Waals surface area contributed by atoms with Gasteiger partial charge in [-0.2, -0.15) is 5.10 Å². The van der Waals surface area contributed by atoms with E-state index in [0.717, 1.165) is 59.8 Å². The molecule has 2 aromatic carbocycles. The molecule has 2 aromatic heterocycles. The summed E-state index contributed by atoms with van der Waals surface area (Å²) in [4.78, 5) is 17.7. The normalized spacial score (nSPS) is 20.8. The number of rotatable bonds is 12. The molecule has 0 saturated heterocycles. The number of unbranched alkanes of at least 4 members (excludes halogenated alkanes) is 1. The summed E-state index contributed by atoms with van der Waals surface area (Å²) in [5, 5.41) is 18.4. The van der Waals surface area contributed by atoms with Crippen LogP contribution in [0.1, 0.15) is 50.3 Å². The molecule has 3 atom stereocenters. The number of nitrogens with two attached hydrogens (primary N) is 1. The number of pyridine rings is 1. The maximum Gasteiger partial charge on any atom is 0.255 e. The number of ether oxygens (including phenoxy) is 1. The molecule has 3 N–H and O–H groups in total. The predicted octanol–water partition coefficient (Wildman–Crippen LogP) is 5.06.